The van der Waals surface area contributed by atoms with Crippen molar-refractivity contribution in [1.29, 1.82) is 0 Å². The number of nitrogens with two attached hydrogens (primary N) is 1. The van der Waals surface area contributed by atoms with Crippen LogP contribution in [0.4, 0.5) is 0 Å². The summed E-state index contributed by atoms with van der Waals surface area (Å²) in [6, 6.07) is 0.346. The van der Waals surface area contributed by atoms with Gasteiger partial charge in [0, 0.05) is 12.6 Å². The van der Waals surface area contributed by atoms with E-state index in [0.29, 0.717) is 23.9 Å². The molecule has 1 saturated carbocycles. The van der Waals surface area contributed by atoms with Gasteiger partial charge in [-0.05, 0) is 30.6 Å². The molecule has 2 atom stereocenters. The van der Waals surface area contributed by atoms with E-state index in [-0.39, 0.29) is 11.8 Å². The maximum Gasteiger partial charge on any atom is 0.224 e. The highest BCUT2D eigenvalue weighted by atomic mass is 16.2. The van der Waals surface area contributed by atoms with Crippen LogP contribution >= 0.6 is 0 Å². The third-order valence-electron chi connectivity index (χ3n) is 3.95. The molecule has 100 valence electrons. The number of carbonyl (C=O) groups excluding carboxylic acids is 1. The Labute approximate surface area is 106 Å². The highest BCUT2D eigenvalue weighted by molar-refractivity contribution is 5.79. The zero-order chi connectivity index (χ0) is 13.1. The number of hydrogen-bond donors (Lipinski definition) is 2. The van der Waals surface area contributed by atoms with Gasteiger partial charge in [0.2, 0.25) is 5.91 Å². The van der Waals surface area contributed by atoms with E-state index < -0.39 is 0 Å². The Balaban J connectivity index is 2.50. The van der Waals surface area contributed by atoms with Crippen molar-refractivity contribution in [3.05, 3.63) is 0 Å². The summed E-state index contributed by atoms with van der Waals surface area (Å²) in [6.07, 6.45) is 4.69. The molecule has 0 saturated heterocycles. The summed E-state index contributed by atoms with van der Waals surface area (Å²) in [5.74, 6) is 0.418. The topological polar surface area (TPSA) is 55.1 Å². The quantitative estimate of drug-likeness (QED) is 0.792. The Hall–Kier alpha value is -0.570. The number of carbonyl (C=O) groups is 1. The first-order valence-corrected chi connectivity index (χ1v) is 6.86. The third-order valence-corrected chi connectivity index (χ3v) is 3.95. The molecule has 0 bridgehead atoms. The molecular weight excluding hydrogens is 212 g/mol. The molecule has 0 aromatic heterocycles. The molecule has 1 amide bonds. The van der Waals surface area contributed by atoms with Crippen LogP contribution in [0.5, 0.6) is 0 Å². The van der Waals surface area contributed by atoms with Crippen molar-refractivity contribution in [3.63, 3.8) is 0 Å². The SMILES string of the molecule is CC(C)C(CN)C(=O)NC1CCCC(C)(C)C1. The van der Waals surface area contributed by atoms with Gasteiger partial charge in [-0.3, -0.25) is 4.79 Å². The second-order valence-electron chi connectivity index (χ2n) is 6.55. The molecule has 17 heavy (non-hydrogen) atoms. The Morgan fingerprint density at radius 2 is 2.12 bits per heavy atom. The Bertz CT molecular complexity index is 261. The van der Waals surface area contributed by atoms with E-state index >= 15 is 0 Å². The van der Waals surface area contributed by atoms with Crippen LogP contribution in [-0.2, 0) is 4.79 Å². The maximum atomic E-state index is 12.1. The van der Waals surface area contributed by atoms with Gasteiger partial charge in [-0.25, -0.2) is 0 Å². The second kappa shape index (κ2) is 5.85. The molecule has 1 rings (SSSR count). The van der Waals surface area contributed by atoms with Crippen LogP contribution in [0.15, 0.2) is 0 Å². The first-order chi connectivity index (χ1) is 7.85. The molecule has 0 aromatic carbocycles. The lowest BCUT2D eigenvalue weighted by molar-refractivity contribution is -0.127. The fourth-order valence-corrected chi connectivity index (χ4v) is 2.81. The van der Waals surface area contributed by atoms with Crippen molar-refractivity contribution in [2.75, 3.05) is 6.54 Å². The van der Waals surface area contributed by atoms with E-state index in [1.807, 2.05) is 0 Å². The molecule has 1 aliphatic carbocycles. The molecule has 3 N–H and O–H groups in total. The lowest BCUT2D eigenvalue weighted by Crippen LogP contribution is -2.46. The highest BCUT2D eigenvalue weighted by Crippen LogP contribution is 2.35. The molecule has 2 unspecified atom stereocenters. The second-order valence-corrected chi connectivity index (χ2v) is 6.55. The van der Waals surface area contributed by atoms with Gasteiger partial charge < -0.3 is 11.1 Å². The molecule has 3 nitrogen and oxygen atoms in total. The third kappa shape index (κ3) is 4.30. The first-order valence-electron chi connectivity index (χ1n) is 6.86. The van der Waals surface area contributed by atoms with Gasteiger partial charge in [0.1, 0.15) is 0 Å². The zero-order valence-electron chi connectivity index (χ0n) is 11.8. The van der Waals surface area contributed by atoms with Crippen LogP contribution in [0, 0.1) is 17.3 Å². The van der Waals surface area contributed by atoms with E-state index in [9.17, 15) is 4.79 Å². The van der Waals surface area contributed by atoms with Gasteiger partial charge in [-0.2, -0.15) is 0 Å². The largest absolute Gasteiger partial charge is 0.353 e. The molecule has 1 fully saturated rings. The molecule has 1 aliphatic rings. The zero-order valence-corrected chi connectivity index (χ0v) is 11.8. The van der Waals surface area contributed by atoms with Crippen molar-refractivity contribution in [3.8, 4) is 0 Å². The average Bonchev–Trinajstić information content (AvgIpc) is 2.15. The van der Waals surface area contributed by atoms with Crippen molar-refractivity contribution < 1.29 is 4.79 Å². The van der Waals surface area contributed by atoms with Crippen LogP contribution in [0.3, 0.4) is 0 Å². The van der Waals surface area contributed by atoms with Crippen LogP contribution in [0.1, 0.15) is 53.4 Å². The van der Waals surface area contributed by atoms with Crippen LogP contribution < -0.4 is 11.1 Å². The van der Waals surface area contributed by atoms with Crippen molar-refractivity contribution >= 4 is 5.91 Å². The van der Waals surface area contributed by atoms with Crippen LogP contribution in [0.2, 0.25) is 0 Å². The molecule has 0 aromatic rings. The van der Waals surface area contributed by atoms with Crippen molar-refractivity contribution in [2.45, 2.75) is 59.4 Å². The lowest BCUT2D eigenvalue weighted by Gasteiger charge is -2.36. The van der Waals surface area contributed by atoms with E-state index in [4.69, 9.17) is 5.73 Å². The predicted molar refractivity (Wildman–Crippen MR) is 71.6 cm³/mol. The van der Waals surface area contributed by atoms with Gasteiger partial charge in [0.05, 0.1) is 5.92 Å². The number of amides is 1. The average molecular weight is 240 g/mol. The summed E-state index contributed by atoms with van der Waals surface area (Å²) >= 11 is 0. The standard InChI is InChI=1S/C14H28N2O/c1-10(2)12(9-15)13(17)16-11-6-5-7-14(3,4)8-11/h10-12H,5-9,15H2,1-4H3,(H,16,17). The van der Waals surface area contributed by atoms with E-state index in [1.165, 1.54) is 12.8 Å². The van der Waals surface area contributed by atoms with E-state index in [1.54, 1.807) is 0 Å². The number of rotatable bonds is 4. The molecule has 0 spiro atoms. The van der Waals surface area contributed by atoms with Gasteiger partial charge in [-0.1, -0.05) is 34.1 Å². The summed E-state index contributed by atoms with van der Waals surface area (Å²) in [4.78, 5) is 12.1. The summed E-state index contributed by atoms with van der Waals surface area (Å²) < 4.78 is 0. The minimum absolute atomic E-state index is 0.0416. The maximum absolute atomic E-state index is 12.1. The predicted octanol–water partition coefficient (Wildman–Crippen LogP) is 2.30. The minimum atomic E-state index is -0.0416. The fourth-order valence-electron chi connectivity index (χ4n) is 2.81. The Morgan fingerprint density at radius 1 is 1.47 bits per heavy atom. The van der Waals surface area contributed by atoms with Crippen LogP contribution in [0.25, 0.3) is 0 Å². The van der Waals surface area contributed by atoms with Gasteiger partial charge in [0.15, 0.2) is 0 Å². The minimum Gasteiger partial charge on any atom is -0.353 e. The van der Waals surface area contributed by atoms with Crippen molar-refractivity contribution in [2.24, 2.45) is 23.0 Å². The fraction of sp³-hybridized carbons (Fsp3) is 0.929. The van der Waals surface area contributed by atoms with Gasteiger partial charge in [-0.15, -0.1) is 0 Å². The van der Waals surface area contributed by atoms with E-state index in [2.05, 4.69) is 33.0 Å². The Kier molecular flexibility index (Phi) is 4.99. The highest BCUT2D eigenvalue weighted by Gasteiger charge is 2.30. The summed E-state index contributed by atoms with van der Waals surface area (Å²) in [7, 11) is 0. The molecular formula is C14H28N2O. The monoisotopic (exact) mass is 240 g/mol. The molecule has 0 radical (unpaired) electrons. The Morgan fingerprint density at radius 3 is 2.59 bits per heavy atom. The molecule has 3 heteroatoms. The summed E-state index contributed by atoms with van der Waals surface area (Å²) in [6.45, 7) is 9.13. The smallest absolute Gasteiger partial charge is 0.224 e. The number of nitrogens with one attached hydrogen (secondary N) is 1. The number of hydrogen-bond acceptors (Lipinski definition) is 2. The lowest BCUT2D eigenvalue weighted by atomic mass is 9.75. The van der Waals surface area contributed by atoms with Crippen LogP contribution in [-0.4, -0.2) is 18.5 Å². The summed E-state index contributed by atoms with van der Waals surface area (Å²) in [5, 5.41) is 3.19. The van der Waals surface area contributed by atoms with Gasteiger partial charge >= 0.3 is 0 Å². The van der Waals surface area contributed by atoms with E-state index in [0.717, 1.165) is 12.8 Å². The van der Waals surface area contributed by atoms with Gasteiger partial charge in [0.25, 0.3) is 0 Å². The molecule has 0 heterocycles. The molecule has 0 aliphatic heterocycles. The summed E-state index contributed by atoms with van der Waals surface area (Å²) in [5.41, 5.74) is 6.04. The first kappa shape index (κ1) is 14.5. The normalized spacial score (nSPS) is 25.6. The van der Waals surface area contributed by atoms with Crippen molar-refractivity contribution in [1.82, 2.24) is 5.32 Å².